The van der Waals surface area contributed by atoms with Gasteiger partial charge in [0, 0.05) is 5.69 Å². The van der Waals surface area contributed by atoms with Gasteiger partial charge in [-0.25, -0.2) is 0 Å². The zero-order valence-corrected chi connectivity index (χ0v) is 8.56. The van der Waals surface area contributed by atoms with Crippen LogP contribution >= 0.6 is 0 Å². The van der Waals surface area contributed by atoms with Crippen LogP contribution in [0.25, 0.3) is 0 Å². The Labute approximate surface area is 93.3 Å². The molecule has 0 radical (unpaired) electrons. The molecule has 0 aromatic heterocycles. The van der Waals surface area contributed by atoms with Crippen LogP contribution in [0.1, 0.15) is 12.0 Å². The lowest BCUT2D eigenvalue weighted by Gasteiger charge is -2.04. The first-order valence-corrected chi connectivity index (χ1v) is 4.66. The molecule has 0 saturated heterocycles. The van der Waals surface area contributed by atoms with Crippen molar-refractivity contribution in [2.24, 2.45) is 0 Å². The number of amides is 1. The second kappa shape index (κ2) is 5.56. The Morgan fingerprint density at radius 3 is 2.81 bits per heavy atom. The topological polar surface area (TPSA) is 66.4 Å². The highest BCUT2D eigenvalue weighted by Crippen LogP contribution is 2.11. The first kappa shape index (κ1) is 11.8. The number of rotatable bonds is 4. The van der Waals surface area contributed by atoms with Gasteiger partial charge in [-0.3, -0.25) is 9.59 Å². The molecule has 0 atom stereocenters. The van der Waals surface area contributed by atoms with Gasteiger partial charge in [-0.15, -0.1) is 6.42 Å². The van der Waals surface area contributed by atoms with Crippen LogP contribution in [-0.4, -0.2) is 17.0 Å². The molecule has 1 aromatic rings. The third-order valence-electron chi connectivity index (χ3n) is 1.83. The lowest BCUT2D eigenvalue weighted by Crippen LogP contribution is -2.10. The average molecular weight is 217 g/mol. The molecule has 1 aromatic carbocycles. The molecule has 4 nitrogen and oxygen atoms in total. The van der Waals surface area contributed by atoms with Gasteiger partial charge in [-0.05, 0) is 17.7 Å². The number of anilines is 1. The number of nitrogens with one attached hydrogen (secondary N) is 1. The van der Waals surface area contributed by atoms with Crippen molar-refractivity contribution in [1.29, 1.82) is 0 Å². The smallest absolute Gasteiger partial charge is 0.307 e. The number of carbonyl (C=O) groups excluding carboxylic acids is 1. The predicted octanol–water partition coefficient (Wildman–Crippen LogP) is 1.28. The molecule has 0 aliphatic rings. The van der Waals surface area contributed by atoms with Gasteiger partial charge in [0.05, 0.1) is 12.8 Å². The van der Waals surface area contributed by atoms with Crippen LogP contribution in [0.3, 0.4) is 0 Å². The maximum atomic E-state index is 11.2. The molecule has 4 heteroatoms. The number of carboxylic acids is 1. The molecule has 16 heavy (non-hydrogen) atoms. The Hall–Kier alpha value is -2.28. The molecule has 1 rings (SSSR count). The summed E-state index contributed by atoms with van der Waals surface area (Å²) >= 11 is 0. The van der Waals surface area contributed by atoms with E-state index in [1.165, 1.54) is 0 Å². The van der Waals surface area contributed by atoms with E-state index in [-0.39, 0.29) is 18.7 Å². The largest absolute Gasteiger partial charge is 0.481 e. The second-order valence-electron chi connectivity index (χ2n) is 3.20. The highest BCUT2D eigenvalue weighted by molar-refractivity contribution is 5.92. The van der Waals surface area contributed by atoms with Gasteiger partial charge in [0.25, 0.3) is 0 Å². The third-order valence-corrected chi connectivity index (χ3v) is 1.83. The van der Waals surface area contributed by atoms with Crippen molar-refractivity contribution in [3.05, 3.63) is 29.8 Å². The molecule has 0 aliphatic heterocycles. The summed E-state index contributed by atoms with van der Waals surface area (Å²) < 4.78 is 0. The molecule has 0 fully saturated rings. The summed E-state index contributed by atoms with van der Waals surface area (Å²) in [5, 5.41) is 11.2. The maximum absolute atomic E-state index is 11.2. The van der Waals surface area contributed by atoms with E-state index < -0.39 is 5.97 Å². The number of terminal acetylenes is 1. The summed E-state index contributed by atoms with van der Waals surface area (Å²) in [5.74, 6) is 1.04. The standard InChI is InChI=1S/C12H11NO3/c1-2-4-11(14)13-10-6-3-5-9(7-10)8-12(15)16/h1,3,5-7H,4,8H2,(H,13,14)(H,15,16). The summed E-state index contributed by atoms with van der Waals surface area (Å²) in [7, 11) is 0. The highest BCUT2D eigenvalue weighted by Gasteiger charge is 2.03. The van der Waals surface area contributed by atoms with E-state index in [0.717, 1.165) is 0 Å². The van der Waals surface area contributed by atoms with Crippen LogP contribution < -0.4 is 5.32 Å². The molecule has 2 N–H and O–H groups in total. The van der Waals surface area contributed by atoms with Crippen molar-refractivity contribution in [3.63, 3.8) is 0 Å². The average Bonchev–Trinajstić information content (AvgIpc) is 2.17. The van der Waals surface area contributed by atoms with Gasteiger partial charge in [0.1, 0.15) is 0 Å². The first-order chi connectivity index (χ1) is 7.61. The van der Waals surface area contributed by atoms with Crippen molar-refractivity contribution in [1.82, 2.24) is 0 Å². The summed E-state index contributed by atoms with van der Waals surface area (Å²) in [6, 6.07) is 6.66. The molecular weight excluding hydrogens is 206 g/mol. The predicted molar refractivity (Wildman–Crippen MR) is 59.9 cm³/mol. The van der Waals surface area contributed by atoms with Crippen LogP contribution in [0.4, 0.5) is 5.69 Å². The second-order valence-corrected chi connectivity index (χ2v) is 3.20. The minimum atomic E-state index is -0.910. The number of aliphatic carboxylic acids is 1. The summed E-state index contributed by atoms with van der Waals surface area (Å²) in [5.41, 5.74) is 1.19. The van der Waals surface area contributed by atoms with Crippen LogP contribution in [-0.2, 0) is 16.0 Å². The van der Waals surface area contributed by atoms with E-state index in [0.29, 0.717) is 11.3 Å². The summed E-state index contributed by atoms with van der Waals surface area (Å²) in [4.78, 5) is 21.7. The molecule has 1 amide bonds. The van der Waals surface area contributed by atoms with E-state index in [2.05, 4.69) is 11.2 Å². The number of benzene rings is 1. The van der Waals surface area contributed by atoms with Gasteiger partial charge in [-0.2, -0.15) is 0 Å². The third kappa shape index (κ3) is 3.84. The fourth-order valence-corrected chi connectivity index (χ4v) is 1.23. The maximum Gasteiger partial charge on any atom is 0.307 e. The van der Waals surface area contributed by atoms with Crippen LogP contribution in [0.15, 0.2) is 24.3 Å². The SMILES string of the molecule is C#CCC(=O)Nc1cccc(CC(=O)O)c1. The monoisotopic (exact) mass is 217 g/mol. The van der Waals surface area contributed by atoms with Crippen LogP contribution in [0, 0.1) is 12.3 Å². The Balaban J connectivity index is 2.71. The quantitative estimate of drug-likeness (QED) is 0.746. The lowest BCUT2D eigenvalue weighted by molar-refractivity contribution is -0.136. The fraction of sp³-hybridized carbons (Fsp3) is 0.167. The number of carboxylic acid groups (broad SMARTS) is 1. The first-order valence-electron chi connectivity index (χ1n) is 4.66. The molecule has 0 bridgehead atoms. The fourth-order valence-electron chi connectivity index (χ4n) is 1.23. The van der Waals surface area contributed by atoms with Crippen LogP contribution in [0.5, 0.6) is 0 Å². The summed E-state index contributed by atoms with van der Waals surface area (Å²) in [6.07, 6.45) is 4.92. The van der Waals surface area contributed by atoms with Crippen molar-refractivity contribution < 1.29 is 14.7 Å². The van der Waals surface area contributed by atoms with E-state index in [1.807, 2.05) is 0 Å². The zero-order chi connectivity index (χ0) is 12.0. The van der Waals surface area contributed by atoms with Gasteiger partial charge in [0.15, 0.2) is 0 Å². The van der Waals surface area contributed by atoms with Crippen molar-refractivity contribution in [3.8, 4) is 12.3 Å². The minimum absolute atomic E-state index is 0.00313. The Morgan fingerprint density at radius 1 is 1.44 bits per heavy atom. The Bertz CT molecular complexity index is 446. The molecule has 0 saturated carbocycles. The number of carbonyl (C=O) groups is 2. The highest BCUT2D eigenvalue weighted by atomic mass is 16.4. The van der Waals surface area contributed by atoms with Gasteiger partial charge < -0.3 is 10.4 Å². The Kier molecular flexibility index (Phi) is 4.10. The minimum Gasteiger partial charge on any atom is -0.481 e. The number of hydrogen-bond donors (Lipinski definition) is 2. The molecular formula is C12H11NO3. The number of hydrogen-bond acceptors (Lipinski definition) is 2. The van der Waals surface area contributed by atoms with Crippen LogP contribution in [0.2, 0.25) is 0 Å². The van der Waals surface area contributed by atoms with Crippen molar-refractivity contribution >= 4 is 17.6 Å². The molecule has 0 spiro atoms. The van der Waals surface area contributed by atoms with Crippen molar-refractivity contribution in [2.75, 3.05) is 5.32 Å². The normalized spacial score (nSPS) is 9.19. The molecule has 82 valence electrons. The lowest BCUT2D eigenvalue weighted by atomic mass is 10.1. The van der Waals surface area contributed by atoms with E-state index >= 15 is 0 Å². The molecule has 0 heterocycles. The molecule has 0 unspecified atom stereocenters. The summed E-state index contributed by atoms with van der Waals surface area (Å²) in [6.45, 7) is 0. The molecule has 0 aliphatic carbocycles. The van der Waals surface area contributed by atoms with E-state index in [4.69, 9.17) is 11.5 Å². The van der Waals surface area contributed by atoms with Gasteiger partial charge in [-0.1, -0.05) is 18.1 Å². The van der Waals surface area contributed by atoms with Crippen molar-refractivity contribution in [2.45, 2.75) is 12.8 Å². The Morgan fingerprint density at radius 2 is 2.19 bits per heavy atom. The van der Waals surface area contributed by atoms with Gasteiger partial charge in [0.2, 0.25) is 5.91 Å². The zero-order valence-electron chi connectivity index (χ0n) is 8.56. The van der Waals surface area contributed by atoms with Gasteiger partial charge >= 0.3 is 5.97 Å². The van der Waals surface area contributed by atoms with E-state index in [1.54, 1.807) is 24.3 Å². The van der Waals surface area contributed by atoms with E-state index in [9.17, 15) is 9.59 Å².